The third kappa shape index (κ3) is 6.15. The molecule has 0 N–H and O–H groups in total. The summed E-state index contributed by atoms with van der Waals surface area (Å²) in [5.41, 5.74) is -0.796. The molecule has 0 radical (unpaired) electrons. The Balaban J connectivity index is 2.79. The number of anilines is 1. The Morgan fingerprint density at radius 2 is 0.920 bits per heavy atom. The van der Waals surface area contributed by atoms with Gasteiger partial charge in [-0.2, -0.15) is 0 Å². The molecule has 0 atom stereocenters. The maximum Gasteiger partial charge on any atom is 0.200 e. The normalized spacial score (nSPS) is 11.2. The number of benzene rings is 1. The molecule has 1 rings (SSSR count). The maximum absolute atomic E-state index is 14.0. The van der Waals surface area contributed by atoms with Gasteiger partial charge in [0.25, 0.3) is 0 Å². The number of unbranched alkanes of at least 4 members (excludes halogenated alkanes) is 7. The lowest BCUT2D eigenvalue weighted by Crippen LogP contribution is -2.29. The molecular weight excluding hydrogens is 337 g/mol. The molecule has 0 saturated heterocycles. The van der Waals surface area contributed by atoms with Crippen LogP contribution in [0.25, 0.3) is 0 Å². The predicted octanol–water partition coefficient (Wildman–Crippen LogP) is 6.74. The van der Waals surface area contributed by atoms with Gasteiger partial charge >= 0.3 is 0 Å². The van der Waals surface area contributed by atoms with Crippen molar-refractivity contribution in [1.29, 1.82) is 0 Å². The Morgan fingerprint density at radius 1 is 0.520 bits per heavy atom. The first-order chi connectivity index (χ1) is 12.0. The van der Waals surface area contributed by atoms with Crippen molar-refractivity contribution < 1.29 is 22.0 Å². The fraction of sp³-hybridized carbons (Fsp3) is 0.684. The van der Waals surface area contributed by atoms with E-state index in [1.165, 1.54) is 11.3 Å². The fourth-order valence-corrected chi connectivity index (χ4v) is 2.82. The Bertz CT molecular complexity index is 504. The third-order valence-electron chi connectivity index (χ3n) is 4.32. The van der Waals surface area contributed by atoms with E-state index in [9.17, 15) is 22.0 Å². The average Bonchev–Trinajstić information content (AvgIpc) is 2.61. The van der Waals surface area contributed by atoms with Crippen molar-refractivity contribution in [3.8, 4) is 0 Å². The second-order valence-corrected chi connectivity index (χ2v) is 6.38. The molecule has 0 unspecified atom stereocenters. The van der Waals surface area contributed by atoms with Crippen molar-refractivity contribution in [3.63, 3.8) is 0 Å². The summed E-state index contributed by atoms with van der Waals surface area (Å²) in [5, 5.41) is 0. The van der Waals surface area contributed by atoms with Crippen LogP contribution >= 0.6 is 0 Å². The summed E-state index contributed by atoms with van der Waals surface area (Å²) in [6.07, 6.45) is 8.55. The van der Waals surface area contributed by atoms with Gasteiger partial charge in [0.1, 0.15) is 5.69 Å². The molecular formula is C19H28F5N. The van der Waals surface area contributed by atoms with E-state index in [0.717, 1.165) is 38.5 Å². The largest absolute Gasteiger partial charge is 0.367 e. The van der Waals surface area contributed by atoms with Gasteiger partial charge in [0.05, 0.1) is 0 Å². The number of hydrogen-bond donors (Lipinski definition) is 0. The topological polar surface area (TPSA) is 3.24 Å². The number of rotatable bonds is 12. The van der Waals surface area contributed by atoms with Crippen molar-refractivity contribution in [2.45, 2.75) is 71.6 Å². The van der Waals surface area contributed by atoms with Gasteiger partial charge in [-0.05, 0) is 12.8 Å². The molecule has 0 fully saturated rings. The summed E-state index contributed by atoms with van der Waals surface area (Å²) in [4.78, 5) is 1.30. The summed E-state index contributed by atoms with van der Waals surface area (Å²) in [6, 6.07) is 0. The highest BCUT2D eigenvalue weighted by Crippen LogP contribution is 2.30. The maximum atomic E-state index is 14.0. The molecule has 1 aromatic carbocycles. The molecule has 1 aromatic rings. The first kappa shape index (κ1) is 21.7. The average molecular weight is 365 g/mol. The minimum atomic E-state index is -2.11. The van der Waals surface area contributed by atoms with E-state index in [2.05, 4.69) is 6.92 Å². The van der Waals surface area contributed by atoms with Gasteiger partial charge in [-0.3, -0.25) is 0 Å². The smallest absolute Gasteiger partial charge is 0.200 e. The van der Waals surface area contributed by atoms with Gasteiger partial charge in [-0.25, -0.2) is 22.0 Å². The molecule has 6 heteroatoms. The first-order valence-corrected chi connectivity index (χ1v) is 9.22. The minimum Gasteiger partial charge on any atom is -0.367 e. The molecule has 0 aromatic heterocycles. The van der Waals surface area contributed by atoms with Gasteiger partial charge in [0.2, 0.25) is 5.82 Å². The van der Waals surface area contributed by atoms with Crippen LogP contribution in [0.15, 0.2) is 0 Å². The molecule has 0 aliphatic carbocycles. The van der Waals surface area contributed by atoms with E-state index in [-0.39, 0.29) is 13.1 Å². The van der Waals surface area contributed by atoms with Crippen molar-refractivity contribution in [1.82, 2.24) is 0 Å². The Labute approximate surface area is 147 Å². The van der Waals surface area contributed by atoms with E-state index in [1.807, 2.05) is 6.92 Å². The standard InChI is InChI=1S/C19H28F5N/c1-3-5-7-8-9-10-11-13-25(12-6-4-2)19-17(23)15(21)14(20)16(22)18(19)24/h3-13H2,1-2H3. The summed E-state index contributed by atoms with van der Waals surface area (Å²) in [6.45, 7) is 4.59. The molecule has 0 spiro atoms. The van der Waals surface area contributed by atoms with Gasteiger partial charge in [0, 0.05) is 13.1 Å². The Morgan fingerprint density at radius 3 is 1.44 bits per heavy atom. The van der Waals surface area contributed by atoms with Crippen LogP contribution in [0, 0.1) is 29.1 Å². The van der Waals surface area contributed by atoms with E-state index in [4.69, 9.17) is 0 Å². The fourth-order valence-electron chi connectivity index (χ4n) is 2.82. The first-order valence-electron chi connectivity index (χ1n) is 9.22. The van der Waals surface area contributed by atoms with Crippen molar-refractivity contribution >= 4 is 5.69 Å². The lowest BCUT2D eigenvalue weighted by atomic mass is 10.1. The Hall–Kier alpha value is -1.33. The van der Waals surface area contributed by atoms with Crippen LogP contribution in [0.1, 0.15) is 71.6 Å². The van der Waals surface area contributed by atoms with Gasteiger partial charge < -0.3 is 4.90 Å². The molecule has 1 nitrogen and oxygen atoms in total. The summed E-state index contributed by atoms with van der Waals surface area (Å²) >= 11 is 0. The number of halogens is 5. The van der Waals surface area contributed by atoms with Crippen LogP contribution in [0.4, 0.5) is 27.6 Å². The molecule has 25 heavy (non-hydrogen) atoms. The lowest BCUT2D eigenvalue weighted by Gasteiger charge is -2.26. The highest BCUT2D eigenvalue weighted by atomic mass is 19.2. The van der Waals surface area contributed by atoms with E-state index < -0.39 is 34.8 Å². The van der Waals surface area contributed by atoms with Crippen LogP contribution in [0.5, 0.6) is 0 Å². The summed E-state index contributed by atoms with van der Waals surface area (Å²) in [5.74, 6) is -9.35. The Kier molecular flexibility index (Phi) is 9.83. The second kappa shape index (κ2) is 11.3. The van der Waals surface area contributed by atoms with Gasteiger partial charge in [-0.15, -0.1) is 0 Å². The molecule has 0 heterocycles. The molecule has 0 aliphatic heterocycles. The van der Waals surface area contributed by atoms with Gasteiger partial charge in [-0.1, -0.05) is 58.8 Å². The SMILES string of the molecule is CCCCCCCCCN(CCCC)c1c(F)c(F)c(F)c(F)c1F. The summed E-state index contributed by atoms with van der Waals surface area (Å²) in [7, 11) is 0. The quantitative estimate of drug-likeness (QED) is 0.172. The molecule has 0 aliphatic rings. The highest BCUT2D eigenvalue weighted by molar-refractivity contribution is 5.50. The van der Waals surface area contributed by atoms with Crippen molar-refractivity contribution in [3.05, 3.63) is 29.1 Å². The number of hydrogen-bond acceptors (Lipinski definition) is 1. The molecule has 0 bridgehead atoms. The zero-order chi connectivity index (χ0) is 18.8. The molecule has 144 valence electrons. The second-order valence-electron chi connectivity index (χ2n) is 6.38. The number of nitrogens with zero attached hydrogens (tertiary/aromatic N) is 1. The lowest BCUT2D eigenvalue weighted by molar-refractivity contribution is 0.377. The van der Waals surface area contributed by atoms with Crippen molar-refractivity contribution in [2.24, 2.45) is 0 Å². The van der Waals surface area contributed by atoms with E-state index in [1.54, 1.807) is 0 Å². The third-order valence-corrected chi connectivity index (χ3v) is 4.32. The van der Waals surface area contributed by atoms with Gasteiger partial charge in [0.15, 0.2) is 23.3 Å². The van der Waals surface area contributed by atoms with Crippen molar-refractivity contribution in [2.75, 3.05) is 18.0 Å². The monoisotopic (exact) mass is 365 g/mol. The van der Waals surface area contributed by atoms with Crippen LogP contribution in [-0.2, 0) is 0 Å². The van der Waals surface area contributed by atoms with E-state index >= 15 is 0 Å². The zero-order valence-corrected chi connectivity index (χ0v) is 15.1. The molecule has 0 saturated carbocycles. The van der Waals surface area contributed by atoms with Crippen LogP contribution in [0.3, 0.4) is 0 Å². The zero-order valence-electron chi connectivity index (χ0n) is 15.1. The molecule has 0 amide bonds. The highest BCUT2D eigenvalue weighted by Gasteiger charge is 2.28. The summed E-state index contributed by atoms with van der Waals surface area (Å²) < 4.78 is 68.2. The van der Waals surface area contributed by atoms with E-state index in [0.29, 0.717) is 12.8 Å². The predicted molar refractivity (Wildman–Crippen MR) is 91.3 cm³/mol. The minimum absolute atomic E-state index is 0.269. The van der Waals surface area contributed by atoms with Crippen LogP contribution < -0.4 is 4.90 Å². The van der Waals surface area contributed by atoms with Crippen LogP contribution in [-0.4, -0.2) is 13.1 Å². The van der Waals surface area contributed by atoms with Crippen LogP contribution in [0.2, 0.25) is 0 Å².